The van der Waals surface area contributed by atoms with Gasteiger partial charge in [-0.15, -0.1) is 0 Å². The van der Waals surface area contributed by atoms with Crippen molar-refractivity contribution in [1.82, 2.24) is 5.06 Å². The molecule has 58 valence electrons. The van der Waals surface area contributed by atoms with E-state index in [4.69, 9.17) is 0 Å². The maximum absolute atomic E-state index is 9.40. The summed E-state index contributed by atoms with van der Waals surface area (Å²) in [5.74, 6) is 0.706. The molecular weight excluding hydrogens is 128 g/mol. The molecule has 1 aliphatic rings. The number of hydroxylamine groups is 2. The van der Waals surface area contributed by atoms with Crippen LogP contribution in [0.15, 0.2) is 4.99 Å². The molecule has 1 rings (SSSR count). The molecule has 0 spiro atoms. The highest BCUT2D eigenvalue weighted by atomic mass is 16.5. The van der Waals surface area contributed by atoms with Gasteiger partial charge in [0, 0.05) is 0 Å². The summed E-state index contributed by atoms with van der Waals surface area (Å²) in [6.45, 7) is 7.75. The van der Waals surface area contributed by atoms with Crippen LogP contribution in [0.2, 0.25) is 0 Å². The van der Waals surface area contributed by atoms with Crippen LogP contribution in [0.3, 0.4) is 0 Å². The minimum Gasteiger partial charge on any atom is -0.287 e. The zero-order valence-electron chi connectivity index (χ0n) is 6.92. The van der Waals surface area contributed by atoms with E-state index in [0.717, 1.165) is 0 Å². The SMILES string of the molecule is CC1=NC(C)C(C)(C)N1O. The normalized spacial score (nSPS) is 30.7. The first-order valence-electron chi connectivity index (χ1n) is 3.50. The first kappa shape index (κ1) is 7.54. The number of hydrogen-bond donors (Lipinski definition) is 1. The second kappa shape index (κ2) is 1.95. The fourth-order valence-electron chi connectivity index (χ4n) is 1.09. The van der Waals surface area contributed by atoms with Gasteiger partial charge in [-0.3, -0.25) is 10.2 Å². The molecule has 1 aliphatic heterocycles. The third-order valence-corrected chi connectivity index (χ3v) is 2.26. The average molecular weight is 142 g/mol. The molecule has 1 unspecified atom stereocenters. The maximum Gasteiger partial charge on any atom is 0.121 e. The minimum atomic E-state index is -0.232. The third kappa shape index (κ3) is 0.814. The van der Waals surface area contributed by atoms with Crippen molar-refractivity contribution in [2.24, 2.45) is 4.99 Å². The Morgan fingerprint density at radius 2 is 2.10 bits per heavy atom. The van der Waals surface area contributed by atoms with Crippen LogP contribution in [-0.4, -0.2) is 27.7 Å². The summed E-state index contributed by atoms with van der Waals surface area (Å²) in [6.07, 6.45) is 0. The first-order chi connectivity index (χ1) is 4.46. The molecule has 0 fully saturated rings. The predicted molar refractivity (Wildman–Crippen MR) is 40.3 cm³/mol. The molecule has 1 atom stereocenters. The predicted octanol–water partition coefficient (Wildman–Crippen LogP) is 1.28. The van der Waals surface area contributed by atoms with E-state index >= 15 is 0 Å². The Morgan fingerprint density at radius 3 is 2.20 bits per heavy atom. The Hall–Kier alpha value is -0.570. The quantitative estimate of drug-likeness (QED) is 0.553. The van der Waals surface area contributed by atoms with Gasteiger partial charge in [0.25, 0.3) is 0 Å². The van der Waals surface area contributed by atoms with Crippen molar-refractivity contribution in [1.29, 1.82) is 0 Å². The smallest absolute Gasteiger partial charge is 0.121 e. The molecule has 0 saturated carbocycles. The van der Waals surface area contributed by atoms with Gasteiger partial charge in [-0.25, -0.2) is 5.06 Å². The van der Waals surface area contributed by atoms with Crippen molar-refractivity contribution in [2.45, 2.75) is 39.3 Å². The van der Waals surface area contributed by atoms with Crippen LogP contribution in [0.4, 0.5) is 0 Å². The highest BCUT2D eigenvalue weighted by Gasteiger charge is 2.38. The van der Waals surface area contributed by atoms with Gasteiger partial charge in [0.15, 0.2) is 0 Å². The van der Waals surface area contributed by atoms with E-state index < -0.39 is 0 Å². The highest BCUT2D eigenvalue weighted by molar-refractivity contribution is 5.81. The zero-order valence-corrected chi connectivity index (χ0v) is 6.92. The van der Waals surface area contributed by atoms with Gasteiger partial charge < -0.3 is 0 Å². The number of rotatable bonds is 0. The first-order valence-corrected chi connectivity index (χ1v) is 3.50. The zero-order chi connectivity index (χ0) is 7.94. The van der Waals surface area contributed by atoms with E-state index in [-0.39, 0.29) is 11.6 Å². The molecule has 1 heterocycles. The molecule has 0 amide bonds. The molecule has 0 radical (unpaired) electrons. The molecule has 0 aromatic heterocycles. The van der Waals surface area contributed by atoms with Gasteiger partial charge in [0.2, 0.25) is 0 Å². The second-order valence-corrected chi connectivity index (χ2v) is 3.32. The van der Waals surface area contributed by atoms with Gasteiger partial charge in [-0.1, -0.05) is 0 Å². The summed E-state index contributed by atoms with van der Waals surface area (Å²) in [4.78, 5) is 4.22. The van der Waals surface area contributed by atoms with Crippen molar-refractivity contribution in [3.8, 4) is 0 Å². The standard InChI is InChI=1S/C7H14N2O/c1-5-7(3,4)9(10)6(2)8-5/h5,10H,1-4H3. The third-order valence-electron chi connectivity index (χ3n) is 2.26. The van der Waals surface area contributed by atoms with Crippen molar-refractivity contribution in [3.05, 3.63) is 0 Å². The van der Waals surface area contributed by atoms with Crippen LogP contribution >= 0.6 is 0 Å². The molecule has 0 aliphatic carbocycles. The summed E-state index contributed by atoms with van der Waals surface area (Å²) >= 11 is 0. The fraction of sp³-hybridized carbons (Fsp3) is 0.857. The Balaban J connectivity index is 2.87. The van der Waals surface area contributed by atoms with E-state index in [0.29, 0.717) is 5.84 Å². The molecule has 10 heavy (non-hydrogen) atoms. The largest absolute Gasteiger partial charge is 0.287 e. The summed E-state index contributed by atoms with van der Waals surface area (Å²) < 4.78 is 0. The van der Waals surface area contributed by atoms with Crippen molar-refractivity contribution in [2.75, 3.05) is 0 Å². The van der Waals surface area contributed by atoms with E-state index in [1.165, 1.54) is 5.06 Å². The fourth-order valence-corrected chi connectivity index (χ4v) is 1.09. The molecular formula is C7H14N2O. The summed E-state index contributed by atoms with van der Waals surface area (Å²) in [5.41, 5.74) is -0.232. The lowest BCUT2D eigenvalue weighted by Crippen LogP contribution is -2.44. The molecule has 1 N–H and O–H groups in total. The monoisotopic (exact) mass is 142 g/mol. The van der Waals surface area contributed by atoms with Crippen LogP contribution in [0.5, 0.6) is 0 Å². The lowest BCUT2D eigenvalue weighted by Gasteiger charge is -2.29. The lowest BCUT2D eigenvalue weighted by molar-refractivity contribution is -0.0868. The Bertz CT molecular complexity index is 174. The van der Waals surface area contributed by atoms with E-state index in [1.807, 2.05) is 27.7 Å². The van der Waals surface area contributed by atoms with Crippen molar-refractivity contribution >= 4 is 5.84 Å². The topological polar surface area (TPSA) is 35.8 Å². The molecule has 0 bridgehead atoms. The summed E-state index contributed by atoms with van der Waals surface area (Å²) in [5, 5.41) is 10.6. The number of hydrogen-bond acceptors (Lipinski definition) is 3. The highest BCUT2D eigenvalue weighted by Crippen LogP contribution is 2.25. The van der Waals surface area contributed by atoms with Gasteiger partial charge in [0.05, 0.1) is 11.6 Å². The molecule has 0 aromatic rings. The van der Waals surface area contributed by atoms with Crippen LogP contribution < -0.4 is 0 Å². The number of amidine groups is 1. The van der Waals surface area contributed by atoms with E-state index in [1.54, 1.807) is 0 Å². The Labute approximate surface area is 61.3 Å². The van der Waals surface area contributed by atoms with E-state index in [9.17, 15) is 5.21 Å². The summed E-state index contributed by atoms with van der Waals surface area (Å²) in [6, 6.07) is 0.178. The summed E-state index contributed by atoms with van der Waals surface area (Å²) in [7, 11) is 0. The van der Waals surface area contributed by atoms with Crippen LogP contribution in [-0.2, 0) is 0 Å². The Morgan fingerprint density at radius 1 is 1.60 bits per heavy atom. The second-order valence-electron chi connectivity index (χ2n) is 3.32. The van der Waals surface area contributed by atoms with Crippen molar-refractivity contribution in [3.63, 3.8) is 0 Å². The van der Waals surface area contributed by atoms with Crippen LogP contribution in [0.1, 0.15) is 27.7 Å². The van der Waals surface area contributed by atoms with E-state index in [2.05, 4.69) is 4.99 Å². The van der Waals surface area contributed by atoms with Gasteiger partial charge >= 0.3 is 0 Å². The van der Waals surface area contributed by atoms with Crippen LogP contribution in [0, 0.1) is 0 Å². The number of aliphatic imine (C=N–C) groups is 1. The Kier molecular flexibility index (Phi) is 1.47. The average Bonchev–Trinajstić information content (AvgIpc) is 1.97. The van der Waals surface area contributed by atoms with Gasteiger partial charge in [-0.05, 0) is 27.7 Å². The molecule has 3 heteroatoms. The van der Waals surface area contributed by atoms with Crippen molar-refractivity contribution < 1.29 is 5.21 Å². The molecule has 3 nitrogen and oxygen atoms in total. The number of nitrogens with zero attached hydrogens (tertiary/aromatic N) is 2. The minimum absolute atomic E-state index is 0.178. The lowest BCUT2D eigenvalue weighted by atomic mass is 9.98. The molecule has 0 aromatic carbocycles. The van der Waals surface area contributed by atoms with Gasteiger partial charge in [-0.2, -0.15) is 0 Å². The van der Waals surface area contributed by atoms with Crippen LogP contribution in [0.25, 0.3) is 0 Å². The van der Waals surface area contributed by atoms with Gasteiger partial charge in [0.1, 0.15) is 5.84 Å². The molecule has 0 saturated heterocycles. The maximum atomic E-state index is 9.40.